The van der Waals surface area contributed by atoms with Crippen LogP contribution >= 0.6 is 0 Å². The van der Waals surface area contributed by atoms with Gasteiger partial charge in [-0.25, -0.2) is 0 Å². The average molecular weight is 192 g/mol. The van der Waals surface area contributed by atoms with E-state index in [9.17, 15) is 0 Å². The van der Waals surface area contributed by atoms with Crippen LogP contribution in [0.3, 0.4) is 0 Å². The minimum atomic E-state index is 0.585. The summed E-state index contributed by atoms with van der Waals surface area (Å²) in [4.78, 5) is 2.31. The maximum Gasteiger partial charge on any atom is 0.0386 e. The Labute approximate surface area is 86.9 Å². The lowest BCUT2D eigenvalue weighted by molar-refractivity contribution is 0.664. The Balaban J connectivity index is 2.83. The van der Waals surface area contributed by atoms with Crippen LogP contribution in [0.5, 0.6) is 0 Å². The van der Waals surface area contributed by atoms with E-state index in [2.05, 4.69) is 55.4 Å². The van der Waals surface area contributed by atoms with E-state index < -0.39 is 0 Å². The first kappa shape index (κ1) is 10.9. The van der Waals surface area contributed by atoms with Crippen LogP contribution in [0, 0.1) is 0 Å². The van der Waals surface area contributed by atoms with Crippen molar-refractivity contribution in [3.63, 3.8) is 0 Å². The molecule has 0 spiro atoms. The first-order valence-electron chi connectivity index (χ1n) is 5.19. The Hall–Kier alpha value is -1.18. The van der Waals surface area contributed by atoms with Gasteiger partial charge in [-0.2, -0.15) is 0 Å². The van der Waals surface area contributed by atoms with Gasteiger partial charge >= 0.3 is 0 Å². The molecule has 0 aliphatic carbocycles. The lowest BCUT2D eigenvalue weighted by Crippen LogP contribution is -2.27. The van der Waals surface area contributed by atoms with E-state index in [0.29, 0.717) is 6.04 Å². The number of benzene rings is 1. The van der Waals surface area contributed by atoms with Gasteiger partial charge in [0.1, 0.15) is 0 Å². The molecular formula is C12H20N2. The molecular weight excluding hydrogens is 172 g/mol. The van der Waals surface area contributed by atoms with Gasteiger partial charge in [0.2, 0.25) is 0 Å². The third-order valence-corrected chi connectivity index (χ3v) is 2.79. The van der Waals surface area contributed by atoms with E-state index >= 15 is 0 Å². The fraction of sp³-hybridized carbons (Fsp3) is 0.500. The van der Waals surface area contributed by atoms with Crippen LogP contribution in [0.2, 0.25) is 0 Å². The average Bonchev–Trinajstić information content (AvgIpc) is 2.27. The first-order chi connectivity index (χ1) is 6.69. The van der Waals surface area contributed by atoms with Gasteiger partial charge in [0, 0.05) is 31.5 Å². The molecule has 0 saturated heterocycles. The van der Waals surface area contributed by atoms with Crippen LogP contribution in [0.1, 0.15) is 20.3 Å². The van der Waals surface area contributed by atoms with E-state index in [0.717, 1.165) is 5.69 Å². The first-order valence-corrected chi connectivity index (χ1v) is 5.19. The second-order valence-electron chi connectivity index (χ2n) is 3.67. The van der Waals surface area contributed by atoms with Gasteiger partial charge in [-0.3, -0.25) is 0 Å². The SMILES string of the molecule is CCC(C)N(C)c1cccc(NC)c1. The Morgan fingerprint density at radius 2 is 2.14 bits per heavy atom. The number of anilines is 2. The van der Waals surface area contributed by atoms with E-state index in [1.807, 2.05) is 7.05 Å². The molecule has 14 heavy (non-hydrogen) atoms. The van der Waals surface area contributed by atoms with Crippen molar-refractivity contribution in [3.05, 3.63) is 24.3 Å². The van der Waals surface area contributed by atoms with Crippen molar-refractivity contribution in [2.45, 2.75) is 26.3 Å². The van der Waals surface area contributed by atoms with Gasteiger partial charge < -0.3 is 10.2 Å². The summed E-state index contributed by atoms with van der Waals surface area (Å²) in [6.07, 6.45) is 1.17. The largest absolute Gasteiger partial charge is 0.388 e. The van der Waals surface area contributed by atoms with Gasteiger partial charge in [-0.05, 0) is 31.5 Å². The molecule has 2 heteroatoms. The van der Waals surface area contributed by atoms with Crippen molar-refractivity contribution < 1.29 is 0 Å². The van der Waals surface area contributed by atoms with Crippen molar-refractivity contribution in [2.75, 3.05) is 24.3 Å². The second-order valence-corrected chi connectivity index (χ2v) is 3.67. The Kier molecular flexibility index (Phi) is 3.81. The molecule has 0 aromatic heterocycles. The molecule has 0 saturated carbocycles. The van der Waals surface area contributed by atoms with Crippen LogP contribution in [-0.2, 0) is 0 Å². The molecule has 78 valence electrons. The predicted octanol–water partition coefficient (Wildman–Crippen LogP) is 2.96. The summed E-state index contributed by atoms with van der Waals surface area (Å²) in [5.74, 6) is 0. The Morgan fingerprint density at radius 3 is 2.71 bits per heavy atom. The number of rotatable bonds is 4. The molecule has 1 unspecified atom stereocenters. The highest BCUT2D eigenvalue weighted by Gasteiger charge is 2.07. The standard InChI is InChI=1S/C12H20N2/c1-5-10(2)14(4)12-8-6-7-11(9-12)13-3/h6-10,13H,5H2,1-4H3. The summed E-state index contributed by atoms with van der Waals surface area (Å²) in [7, 11) is 4.09. The lowest BCUT2D eigenvalue weighted by atomic mass is 10.2. The summed E-state index contributed by atoms with van der Waals surface area (Å²) >= 11 is 0. The fourth-order valence-electron chi connectivity index (χ4n) is 1.41. The van der Waals surface area contributed by atoms with Gasteiger partial charge in [-0.15, -0.1) is 0 Å². The third-order valence-electron chi connectivity index (χ3n) is 2.79. The molecule has 0 aliphatic heterocycles. The molecule has 0 aliphatic rings. The smallest absolute Gasteiger partial charge is 0.0386 e. The molecule has 1 rings (SSSR count). The quantitative estimate of drug-likeness (QED) is 0.789. The monoisotopic (exact) mass is 192 g/mol. The molecule has 0 bridgehead atoms. The molecule has 0 amide bonds. The highest BCUT2D eigenvalue weighted by Crippen LogP contribution is 2.20. The predicted molar refractivity (Wildman–Crippen MR) is 64.1 cm³/mol. The van der Waals surface area contributed by atoms with Crippen LogP contribution in [0.25, 0.3) is 0 Å². The number of hydrogen-bond acceptors (Lipinski definition) is 2. The van der Waals surface area contributed by atoms with Crippen molar-refractivity contribution in [1.82, 2.24) is 0 Å². The topological polar surface area (TPSA) is 15.3 Å². The number of hydrogen-bond donors (Lipinski definition) is 1. The zero-order chi connectivity index (χ0) is 10.6. The molecule has 0 fully saturated rings. The maximum absolute atomic E-state index is 3.15. The highest BCUT2D eigenvalue weighted by atomic mass is 15.1. The van der Waals surface area contributed by atoms with Gasteiger partial charge in [0.05, 0.1) is 0 Å². The van der Waals surface area contributed by atoms with Gasteiger partial charge in [0.25, 0.3) is 0 Å². The maximum atomic E-state index is 3.15. The second kappa shape index (κ2) is 4.89. The van der Waals surface area contributed by atoms with Crippen molar-refractivity contribution >= 4 is 11.4 Å². The summed E-state index contributed by atoms with van der Waals surface area (Å²) in [6, 6.07) is 9.06. The Morgan fingerprint density at radius 1 is 1.43 bits per heavy atom. The van der Waals surface area contributed by atoms with E-state index in [1.165, 1.54) is 12.1 Å². The molecule has 0 radical (unpaired) electrons. The van der Waals surface area contributed by atoms with Crippen LogP contribution < -0.4 is 10.2 Å². The van der Waals surface area contributed by atoms with Gasteiger partial charge in [0.15, 0.2) is 0 Å². The molecule has 0 heterocycles. The molecule has 2 nitrogen and oxygen atoms in total. The van der Waals surface area contributed by atoms with E-state index in [-0.39, 0.29) is 0 Å². The molecule has 1 aromatic rings. The minimum absolute atomic E-state index is 0.585. The number of nitrogens with zero attached hydrogens (tertiary/aromatic N) is 1. The molecule has 1 aromatic carbocycles. The normalized spacial score (nSPS) is 12.3. The summed E-state index contributed by atoms with van der Waals surface area (Å²) in [5.41, 5.74) is 2.43. The minimum Gasteiger partial charge on any atom is -0.388 e. The van der Waals surface area contributed by atoms with Crippen LogP contribution in [0.4, 0.5) is 11.4 Å². The zero-order valence-electron chi connectivity index (χ0n) is 9.54. The fourth-order valence-corrected chi connectivity index (χ4v) is 1.41. The summed E-state index contributed by atoms with van der Waals surface area (Å²) in [6.45, 7) is 4.45. The number of nitrogens with one attached hydrogen (secondary N) is 1. The van der Waals surface area contributed by atoms with E-state index in [1.54, 1.807) is 0 Å². The molecule has 1 atom stereocenters. The van der Waals surface area contributed by atoms with E-state index in [4.69, 9.17) is 0 Å². The third kappa shape index (κ3) is 2.41. The van der Waals surface area contributed by atoms with Crippen LogP contribution in [0.15, 0.2) is 24.3 Å². The summed E-state index contributed by atoms with van der Waals surface area (Å²) in [5, 5.41) is 3.15. The zero-order valence-corrected chi connectivity index (χ0v) is 9.54. The van der Waals surface area contributed by atoms with Gasteiger partial charge in [-0.1, -0.05) is 13.0 Å². The molecule has 1 N–H and O–H groups in total. The lowest BCUT2D eigenvalue weighted by Gasteiger charge is -2.26. The van der Waals surface area contributed by atoms with Crippen molar-refractivity contribution in [1.29, 1.82) is 0 Å². The Bertz CT molecular complexity index is 283. The van der Waals surface area contributed by atoms with Crippen molar-refractivity contribution in [2.24, 2.45) is 0 Å². The van der Waals surface area contributed by atoms with Crippen molar-refractivity contribution in [3.8, 4) is 0 Å². The summed E-state index contributed by atoms with van der Waals surface area (Å²) < 4.78 is 0. The van der Waals surface area contributed by atoms with Crippen LogP contribution in [-0.4, -0.2) is 20.1 Å². The highest BCUT2D eigenvalue weighted by molar-refractivity contribution is 5.57.